The number of rotatable bonds is 4. The molecule has 100 valence electrons. The van der Waals surface area contributed by atoms with E-state index < -0.39 is 0 Å². The minimum absolute atomic E-state index is 0.0293. The maximum atomic E-state index is 12.0. The number of halogens is 1. The van der Waals surface area contributed by atoms with Crippen molar-refractivity contribution in [2.45, 2.75) is 38.1 Å². The van der Waals surface area contributed by atoms with Crippen LogP contribution < -0.4 is 11.1 Å². The van der Waals surface area contributed by atoms with Crippen molar-refractivity contribution in [1.29, 1.82) is 0 Å². The van der Waals surface area contributed by atoms with E-state index in [1.54, 1.807) is 12.1 Å². The molecule has 0 aliphatic heterocycles. The van der Waals surface area contributed by atoms with Gasteiger partial charge in [-0.25, -0.2) is 0 Å². The molecule has 1 atom stereocenters. The smallest absolute Gasteiger partial charge is 0.287 e. The van der Waals surface area contributed by atoms with Gasteiger partial charge in [0.05, 0.1) is 0 Å². The van der Waals surface area contributed by atoms with Gasteiger partial charge in [0.25, 0.3) is 5.91 Å². The minimum Gasteiger partial charge on any atom is -0.440 e. The highest BCUT2D eigenvalue weighted by Crippen LogP contribution is 2.26. The zero-order chi connectivity index (χ0) is 13.0. The second-order valence-corrected chi connectivity index (χ2v) is 5.19. The third-order valence-corrected chi connectivity index (χ3v) is 3.79. The summed E-state index contributed by atoms with van der Waals surface area (Å²) >= 11 is 5.65. The molecule has 3 N–H and O–H groups in total. The van der Waals surface area contributed by atoms with Crippen LogP contribution in [0.2, 0.25) is 5.22 Å². The molecular weight excluding hydrogens is 252 g/mol. The Bertz CT molecular complexity index is 399. The van der Waals surface area contributed by atoms with E-state index in [0.29, 0.717) is 12.5 Å². The molecular formula is C13H19ClN2O2. The molecule has 1 aromatic rings. The Morgan fingerprint density at radius 1 is 1.44 bits per heavy atom. The summed E-state index contributed by atoms with van der Waals surface area (Å²) in [6.45, 7) is 0.463. The van der Waals surface area contributed by atoms with Gasteiger partial charge in [-0.1, -0.05) is 19.3 Å². The lowest BCUT2D eigenvalue weighted by Gasteiger charge is -2.29. The molecule has 18 heavy (non-hydrogen) atoms. The predicted molar refractivity (Wildman–Crippen MR) is 70.6 cm³/mol. The van der Waals surface area contributed by atoms with Crippen molar-refractivity contribution in [1.82, 2.24) is 5.32 Å². The topological polar surface area (TPSA) is 68.3 Å². The van der Waals surface area contributed by atoms with Crippen molar-refractivity contribution in [3.8, 4) is 0 Å². The first-order chi connectivity index (χ1) is 8.70. The molecule has 1 saturated carbocycles. The summed E-state index contributed by atoms with van der Waals surface area (Å²) in [5.74, 6) is 0.496. The maximum Gasteiger partial charge on any atom is 0.287 e. The molecule has 1 fully saturated rings. The summed E-state index contributed by atoms with van der Waals surface area (Å²) in [6.07, 6.45) is 6.02. The Hall–Kier alpha value is -1.00. The molecule has 0 radical (unpaired) electrons. The molecule has 0 saturated heterocycles. The molecule has 1 aliphatic carbocycles. The number of nitrogens with one attached hydrogen (secondary N) is 1. The molecule has 2 rings (SSSR count). The van der Waals surface area contributed by atoms with Crippen molar-refractivity contribution in [3.05, 3.63) is 23.1 Å². The average Bonchev–Trinajstić information content (AvgIpc) is 2.83. The summed E-state index contributed by atoms with van der Waals surface area (Å²) in [7, 11) is 0. The van der Waals surface area contributed by atoms with Gasteiger partial charge in [-0.2, -0.15) is 0 Å². The van der Waals surface area contributed by atoms with Crippen LogP contribution >= 0.6 is 11.6 Å². The van der Waals surface area contributed by atoms with E-state index in [2.05, 4.69) is 5.32 Å². The predicted octanol–water partition coefficient (Wildman–Crippen LogP) is 2.57. The SMILES string of the molecule is NCC(NC(=O)c1ccc(Cl)o1)C1CCCCC1. The van der Waals surface area contributed by atoms with Crippen LogP contribution in [0.15, 0.2) is 16.5 Å². The van der Waals surface area contributed by atoms with Crippen molar-refractivity contribution >= 4 is 17.5 Å². The third kappa shape index (κ3) is 3.27. The van der Waals surface area contributed by atoms with Crippen LogP contribution in [0.25, 0.3) is 0 Å². The van der Waals surface area contributed by atoms with Crippen LogP contribution in [0, 0.1) is 5.92 Å². The van der Waals surface area contributed by atoms with E-state index in [1.165, 1.54) is 19.3 Å². The zero-order valence-corrected chi connectivity index (χ0v) is 11.1. The fraction of sp³-hybridized carbons (Fsp3) is 0.615. The van der Waals surface area contributed by atoms with Crippen LogP contribution in [-0.4, -0.2) is 18.5 Å². The van der Waals surface area contributed by atoms with E-state index in [9.17, 15) is 4.79 Å². The number of carbonyl (C=O) groups excluding carboxylic acids is 1. The van der Waals surface area contributed by atoms with Gasteiger partial charge in [-0.15, -0.1) is 0 Å². The molecule has 1 aromatic heterocycles. The molecule has 1 heterocycles. The van der Waals surface area contributed by atoms with Gasteiger partial charge >= 0.3 is 0 Å². The van der Waals surface area contributed by atoms with Gasteiger partial charge < -0.3 is 15.5 Å². The zero-order valence-electron chi connectivity index (χ0n) is 10.3. The van der Waals surface area contributed by atoms with Gasteiger partial charge in [0.15, 0.2) is 11.0 Å². The molecule has 4 nitrogen and oxygen atoms in total. The molecule has 5 heteroatoms. The number of hydrogen-bond donors (Lipinski definition) is 2. The quantitative estimate of drug-likeness (QED) is 0.884. The number of furan rings is 1. The van der Waals surface area contributed by atoms with E-state index in [4.69, 9.17) is 21.8 Å². The molecule has 1 aliphatic rings. The van der Waals surface area contributed by atoms with E-state index in [-0.39, 0.29) is 22.9 Å². The van der Waals surface area contributed by atoms with E-state index >= 15 is 0 Å². The largest absolute Gasteiger partial charge is 0.440 e. The molecule has 0 bridgehead atoms. The molecule has 0 spiro atoms. The Morgan fingerprint density at radius 2 is 2.17 bits per heavy atom. The first-order valence-corrected chi connectivity index (χ1v) is 6.85. The molecule has 1 unspecified atom stereocenters. The number of amides is 1. The third-order valence-electron chi connectivity index (χ3n) is 3.59. The van der Waals surface area contributed by atoms with E-state index in [0.717, 1.165) is 12.8 Å². The Balaban J connectivity index is 1.95. The van der Waals surface area contributed by atoms with Crippen molar-refractivity contribution in [2.24, 2.45) is 11.7 Å². The van der Waals surface area contributed by atoms with Gasteiger partial charge in [-0.3, -0.25) is 4.79 Å². The molecule has 0 aromatic carbocycles. The maximum absolute atomic E-state index is 12.0. The Kier molecular flexibility index (Phi) is 4.66. The number of hydrogen-bond acceptors (Lipinski definition) is 3. The lowest BCUT2D eigenvalue weighted by molar-refractivity contribution is 0.0887. The monoisotopic (exact) mass is 270 g/mol. The summed E-state index contributed by atoms with van der Waals surface area (Å²) in [4.78, 5) is 12.0. The fourth-order valence-electron chi connectivity index (χ4n) is 2.58. The van der Waals surface area contributed by atoms with Gasteiger partial charge in [0.2, 0.25) is 0 Å². The summed E-state index contributed by atoms with van der Waals surface area (Å²) in [5, 5.41) is 3.17. The first-order valence-electron chi connectivity index (χ1n) is 6.47. The lowest BCUT2D eigenvalue weighted by Crippen LogP contribution is -2.45. The lowest BCUT2D eigenvalue weighted by atomic mass is 9.84. The molecule has 1 amide bonds. The summed E-state index contributed by atoms with van der Waals surface area (Å²) in [5.41, 5.74) is 5.76. The van der Waals surface area contributed by atoms with Gasteiger partial charge in [-0.05, 0) is 42.5 Å². The number of carbonyl (C=O) groups is 1. The van der Waals surface area contributed by atoms with Crippen molar-refractivity contribution < 1.29 is 9.21 Å². The van der Waals surface area contributed by atoms with E-state index in [1.807, 2.05) is 0 Å². The normalized spacial score (nSPS) is 18.6. The van der Waals surface area contributed by atoms with Crippen molar-refractivity contribution in [3.63, 3.8) is 0 Å². The van der Waals surface area contributed by atoms with Crippen LogP contribution in [0.5, 0.6) is 0 Å². The average molecular weight is 271 g/mol. The number of nitrogens with two attached hydrogens (primary N) is 1. The minimum atomic E-state index is -0.233. The second-order valence-electron chi connectivity index (χ2n) is 4.82. The first kappa shape index (κ1) is 13.4. The van der Waals surface area contributed by atoms with Crippen molar-refractivity contribution in [2.75, 3.05) is 6.54 Å². The fourth-order valence-corrected chi connectivity index (χ4v) is 2.73. The van der Waals surface area contributed by atoms with Crippen LogP contribution in [0.3, 0.4) is 0 Å². The Morgan fingerprint density at radius 3 is 2.72 bits per heavy atom. The van der Waals surface area contributed by atoms with Crippen LogP contribution in [0.1, 0.15) is 42.7 Å². The van der Waals surface area contributed by atoms with Gasteiger partial charge in [0, 0.05) is 12.6 Å². The highest BCUT2D eigenvalue weighted by atomic mass is 35.5. The van der Waals surface area contributed by atoms with Gasteiger partial charge in [0.1, 0.15) is 0 Å². The van der Waals surface area contributed by atoms with Crippen LogP contribution in [-0.2, 0) is 0 Å². The van der Waals surface area contributed by atoms with Crippen LogP contribution in [0.4, 0.5) is 0 Å². The highest BCUT2D eigenvalue weighted by molar-refractivity contribution is 6.29. The standard InChI is InChI=1S/C13H19ClN2O2/c14-12-7-6-11(18-12)13(17)16-10(8-15)9-4-2-1-3-5-9/h6-7,9-10H,1-5,8,15H2,(H,16,17). The summed E-state index contributed by atoms with van der Waals surface area (Å²) < 4.78 is 5.09. The second kappa shape index (κ2) is 6.25. The Labute approximate surface area is 112 Å². The highest BCUT2D eigenvalue weighted by Gasteiger charge is 2.25. The summed E-state index contributed by atoms with van der Waals surface area (Å²) in [6, 6.07) is 3.17.